The van der Waals surface area contributed by atoms with Crippen LogP contribution in [0.4, 0.5) is 4.39 Å². The summed E-state index contributed by atoms with van der Waals surface area (Å²) in [7, 11) is 0. The average Bonchev–Trinajstić information content (AvgIpc) is 2.86. The van der Waals surface area contributed by atoms with E-state index in [1.165, 1.54) is 6.08 Å². The van der Waals surface area contributed by atoms with Crippen molar-refractivity contribution in [3.05, 3.63) is 23.3 Å². The van der Waals surface area contributed by atoms with Gasteiger partial charge in [0.05, 0.1) is 12.0 Å². The lowest BCUT2D eigenvalue weighted by atomic mass is 9.44. The van der Waals surface area contributed by atoms with Gasteiger partial charge in [0.25, 0.3) is 0 Å². The lowest BCUT2D eigenvalue weighted by molar-refractivity contribution is -0.214. The van der Waals surface area contributed by atoms with Crippen molar-refractivity contribution in [3.8, 4) is 0 Å². The number of aliphatic hydroxyl groups excluding tert-OH is 1. The maximum atomic E-state index is 17.1. The van der Waals surface area contributed by atoms with Crippen molar-refractivity contribution in [1.29, 1.82) is 0 Å². The van der Waals surface area contributed by atoms with Crippen molar-refractivity contribution in [2.45, 2.75) is 70.8 Å². The van der Waals surface area contributed by atoms with Crippen LogP contribution in [-0.4, -0.2) is 45.0 Å². The van der Waals surface area contributed by atoms with Gasteiger partial charge < -0.3 is 10.2 Å². The Hall–Kier alpha value is -1.04. The molecule has 2 saturated carbocycles. The minimum absolute atomic E-state index is 0.0160. The number of halogens is 2. The molecule has 0 amide bonds. The summed E-state index contributed by atoms with van der Waals surface area (Å²) in [5.41, 5.74) is -3.93. The maximum Gasteiger partial charge on any atom is 0.179 e. The Morgan fingerprint density at radius 3 is 2.62 bits per heavy atom. The smallest absolute Gasteiger partial charge is 0.179 e. The zero-order chi connectivity index (χ0) is 21.6. The Morgan fingerprint density at radius 2 is 2.00 bits per heavy atom. The van der Waals surface area contributed by atoms with E-state index in [4.69, 9.17) is 11.6 Å². The van der Waals surface area contributed by atoms with Crippen LogP contribution in [0, 0.1) is 28.6 Å². The fourth-order valence-corrected chi connectivity index (χ4v) is 7.77. The highest BCUT2D eigenvalue weighted by molar-refractivity contribution is 6.29. The molecule has 2 N–H and O–H groups in total. The molecule has 6 heteroatoms. The molecule has 0 aromatic heterocycles. The molecule has 29 heavy (non-hydrogen) atoms. The third-order valence-corrected chi connectivity index (χ3v) is 9.34. The highest BCUT2D eigenvalue weighted by Gasteiger charge is 2.75. The summed E-state index contributed by atoms with van der Waals surface area (Å²) in [4.78, 5) is 24.8. The average molecular weight is 425 g/mol. The number of allylic oxidation sites excluding steroid dienone is 4. The van der Waals surface area contributed by atoms with E-state index in [2.05, 4.69) is 0 Å². The zero-order valence-corrected chi connectivity index (χ0v) is 18.2. The molecule has 0 saturated heterocycles. The SMILES string of the molecule is CC1=C2CC(=O)C=C[C@]2(C)[C@@]2(F)[C@@H](O)C[C@@]3(C)[C@@H](C[C@H](C)[C@]3(O)C(=O)CCl)[C@@H]2C1. The third-order valence-electron chi connectivity index (χ3n) is 9.10. The Balaban J connectivity index is 1.89. The van der Waals surface area contributed by atoms with Gasteiger partial charge in [-0.1, -0.05) is 31.1 Å². The van der Waals surface area contributed by atoms with Gasteiger partial charge in [0.1, 0.15) is 5.60 Å². The second kappa shape index (κ2) is 6.24. The minimum Gasteiger partial charge on any atom is -0.390 e. The lowest BCUT2D eigenvalue weighted by Crippen LogP contribution is -2.69. The molecule has 0 spiro atoms. The normalized spacial score (nSPS) is 51.5. The second-order valence-electron chi connectivity index (χ2n) is 10.2. The molecule has 4 rings (SSSR count). The molecule has 0 aromatic carbocycles. The zero-order valence-electron chi connectivity index (χ0n) is 17.5. The summed E-state index contributed by atoms with van der Waals surface area (Å²) in [6.07, 6.45) is 2.78. The quantitative estimate of drug-likeness (QED) is 0.525. The van der Waals surface area contributed by atoms with Crippen molar-refractivity contribution >= 4 is 23.2 Å². The Kier molecular flexibility index (Phi) is 4.56. The van der Waals surface area contributed by atoms with E-state index >= 15 is 4.39 Å². The number of rotatable bonds is 2. The second-order valence-corrected chi connectivity index (χ2v) is 10.5. The van der Waals surface area contributed by atoms with Gasteiger partial charge in [-0.15, -0.1) is 11.6 Å². The van der Waals surface area contributed by atoms with Crippen LogP contribution in [0.5, 0.6) is 0 Å². The summed E-state index contributed by atoms with van der Waals surface area (Å²) in [5, 5.41) is 22.8. The van der Waals surface area contributed by atoms with E-state index in [1.54, 1.807) is 13.0 Å². The predicted molar refractivity (Wildman–Crippen MR) is 108 cm³/mol. The molecule has 0 heterocycles. The van der Waals surface area contributed by atoms with Gasteiger partial charge in [-0.3, -0.25) is 9.59 Å². The summed E-state index contributed by atoms with van der Waals surface area (Å²) >= 11 is 5.84. The standard InChI is InChI=1S/C23H30ClFO4/c1-12-7-17-16-8-13(2)23(29,19(28)11-24)21(16,4)10-18(27)22(17,25)20(3)6-5-14(26)9-15(12)20/h5-6,13,16-18,27,29H,7-11H2,1-4H3/t13-,16-,17-,18-,20-,21-,22-,23-/m0/s1. The van der Waals surface area contributed by atoms with Crippen molar-refractivity contribution in [1.82, 2.24) is 0 Å². The number of ketones is 2. The van der Waals surface area contributed by atoms with Gasteiger partial charge in [-0.25, -0.2) is 4.39 Å². The molecule has 0 aromatic rings. The summed E-state index contributed by atoms with van der Waals surface area (Å²) in [6, 6.07) is 0. The first-order valence-electron chi connectivity index (χ1n) is 10.5. The molecule has 0 aliphatic heterocycles. The number of carbonyl (C=O) groups excluding carboxylic acids is 2. The van der Waals surface area contributed by atoms with Crippen LogP contribution in [0.1, 0.15) is 53.4 Å². The maximum absolute atomic E-state index is 17.1. The molecule has 0 unspecified atom stereocenters. The molecular formula is C23H30ClFO4. The van der Waals surface area contributed by atoms with E-state index < -0.39 is 39.9 Å². The minimum atomic E-state index is -1.96. The monoisotopic (exact) mass is 424 g/mol. The number of carbonyl (C=O) groups is 2. The fraction of sp³-hybridized carbons (Fsp3) is 0.739. The number of hydrogen-bond acceptors (Lipinski definition) is 4. The van der Waals surface area contributed by atoms with E-state index in [1.807, 2.05) is 20.8 Å². The number of fused-ring (bicyclic) bond motifs is 5. The summed E-state index contributed by atoms with van der Waals surface area (Å²) < 4.78 is 17.1. The van der Waals surface area contributed by atoms with Crippen molar-refractivity contribution in [2.24, 2.45) is 28.6 Å². The molecule has 0 radical (unpaired) electrons. The lowest BCUT2D eigenvalue weighted by Gasteiger charge is -2.62. The van der Waals surface area contributed by atoms with Crippen LogP contribution in [0.15, 0.2) is 23.3 Å². The molecule has 8 atom stereocenters. The first-order valence-corrected chi connectivity index (χ1v) is 11.0. The largest absolute Gasteiger partial charge is 0.390 e. The number of aliphatic hydroxyl groups is 2. The topological polar surface area (TPSA) is 74.6 Å². The fourth-order valence-electron chi connectivity index (χ4n) is 7.56. The molecule has 0 bridgehead atoms. The van der Waals surface area contributed by atoms with E-state index in [0.29, 0.717) is 12.8 Å². The Bertz CT molecular complexity index is 852. The van der Waals surface area contributed by atoms with Crippen molar-refractivity contribution < 1.29 is 24.2 Å². The van der Waals surface area contributed by atoms with E-state index in [-0.39, 0.29) is 36.3 Å². The first-order chi connectivity index (χ1) is 13.4. The first kappa shape index (κ1) is 21.2. The van der Waals surface area contributed by atoms with Crippen LogP contribution in [-0.2, 0) is 9.59 Å². The summed E-state index contributed by atoms with van der Waals surface area (Å²) in [6.45, 7) is 7.34. The molecule has 4 nitrogen and oxygen atoms in total. The van der Waals surface area contributed by atoms with Gasteiger partial charge in [0.2, 0.25) is 0 Å². The van der Waals surface area contributed by atoms with Crippen LogP contribution < -0.4 is 0 Å². The Morgan fingerprint density at radius 1 is 1.34 bits per heavy atom. The van der Waals surface area contributed by atoms with Gasteiger partial charge in [0, 0.05) is 23.2 Å². The highest BCUT2D eigenvalue weighted by atomic mass is 35.5. The third kappa shape index (κ3) is 2.27. The van der Waals surface area contributed by atoms with Gasteiger partial charge in [-0.05, 0) is 51.0 Å². The van der Waals surface area contributed by atoms with E-state index in [9.17, 15) is 19.8 Å². The molecule has 4 aliphatic rings. The molecule has 160 valence electrons. The van der Waals surface area contributed by atoms with E-state index in [0.717, 1.165) is 11.1 Å². The van der Waals surface area contributed by atoms with Gasteiger partial charge in [0.15, 0.2) is 17.2 Å². The van der Waals surface area contributed by atoms with Gasteiger partial charge >= 0.3 is 0 Å². The van der Waals surface area contributed by atoms with Crippen LogP contribution >= 0.6 is 11.6 Å². The Labute approximate surface area is 176 Å². The molecule has 2 fully saturated rings. The highest BCUT2D eigenvalue weighted by Crippen LogP contribution is 2.70. The predicted octanol–water partition coefficient (Wildman–Crippen LogP) is 3.53. The van der Waals surface area contributed by atoms with Crippen LogP contribution in [0.25, 0.3) is 0 Å². The number of hydrogen-bond donors (Lipinski definition) is 2. The molecule has 4 aliphatic carbocycles. The van der Waals surface area contributed by atoms with Crippen LogP contribution in [0.3, 0.4) is 0 Å². The van der Waals surface area contributed by atoms with Crippen LogP contribution in [0.2, 0.25) is 0 Å². The van der Waals surface area contributed by atoms with Crippen molar-refractivity contribution in [2.75, 3.05) is 5.88 Å². The number of alkyl halides is 2. The number of Topliss-reactive ketones (excluding diaryl/α,β-unsaturated/α-hetero) is 1. The molecular weight excluding hydrogens is 395 g/mol. The van der Waals surface area contributed by atoms with Gasteiger partial charge in [-0.2, -0.15) is 0 Å². The van der Waals surface area contributed by atoms with Crippen molar-refractivity contribution in [3.63, 3.8) is 0 Å². The summed E-state index contributed by atoms with van der Waals surface area (Å²) in [5.74, 6) is -2.01.